The molecule has 3 heteroatoms. The van der Waals surface area contributed by atoms with Crippen LogP contribution in [0.3, 0.4) is 0 Å². The summed E-state index contributed by atoms with van der Waals surface area (Å²) in [5.74, 6) is -2.63. The number of hydrogen-bond donors (Lipinski definition) is 0. The van der Waals surface area contributed by atoms with Crippen LogP contribution in [0.2, 0.25) is 0 Å². The Bertz CT molecular complexity index is 318. The smallest absolute Gasteiger partial charge is 0.164 e. The van der Waals surface area contributed by atoms with Crippen LogP contribution >= 0.6 is 0 Å². The summed E-state index contributed by atoms with van der Waals surface area (Å²) in [6.07, 6.45) is 0.540. The highest BCUT2D eigenvalue weighted by atomic mass is 19.2. The molecule has 13 heavy (non-hydrogen) atoms. The van der Waals surface area contributed by atoms with Gasteiger partial charge < -0.3 is 0 Å². The third kappa shape index (κ3) is 1.69. The van der Waals surface area contributed by atoms with Crippen LogP contribution in [0.4, 0.5) is 13.2 Å². The molecule has 0 fully saturated rings. The van der Waals surface area contributed by atoms with Crippen LogP contribution in [0.25, 0.3) is 0 Å². The molecule has 1 aromatic rings. The summed E-state index contributed by atoms with van der Waals surface area (Å²) in [7, 11) is 0. The second-order valence-electron chi connectivity index (χ2n) is 2.83. The molecule has 0 N–H and O–H groups in total. The molecule has 1 aromatic carbocycles. The summed E-state index contributed by atoms with van der Waals surface area (Å²) in [4.78, 5) is 0. The maximum atomic E-state index is 13.3. The molecule has 1 rings (SSSR count). The first-order chi connectivity index (χ1) is 6.11. The standard InChI is InChI=1S/C10H11F3/c1-3-6-5-8(11)10(13)7(4-2)9(6)12/h5H,3-4H2,1-2H3. The molecule has 0 bridgehead atoms. The second kappa shape index (κ2) is 3.81. The summed E-state index contributed by atoms with van der Waals surface area (Å²) in [5, 5.41) is 0. The molecule has 0 saturated heterocycles. The van der Waals surface area contributed by atoms with Crippen LogP contribution < -0.4 is 0 Å². The van der Waals surface area contributed by atoms with Gasteiger partial charge in [-0.15, -0.1) is 0 Å². The minimum atomic E-state index is -1.06. The van der Waals surface area contributed by atoms with Gasteiger partial charge in [0.25, 0.3) is 0 Å². The fraction of sp³-hybridized carbons (Fsp3) is 0.400. The molecule has 0 saturated carbocycles. The minimum absolute atomic E-state index is 0.156. The van der Waals surface area contributed by atoms with Crippen molar-refractivity contribution in [3.8, 4) is 0 Å². The van der Waals surface area contributed by atoms with Gasteiger partial charge in [-0.05, 0) is 24.5 Å². The summed E-state index contributed by atoms with van der Waals surface area (Å²) in [6, 6.07) is 0.920. The lowest BCUT2D eigenvalue weighted by atomic mass is 10.0. The van der Waals surface area contributed by atoms with Crippen LogP contribution in [-0.2, 0) is 12.8 Å². The first kappa shape index (κ1) is 10.1. The molecule has 0 aliphatic rings. The van der Waals surface area contributed by atoms with Crippen molar-refractivity contribution >= 4 is 0 Å². The lowest BCUT2D eigenvalue weighted by Crippen LogP contribution is -2.02. The highest BCUT2D eigenvalue weighted by Gasteiger charge is 2.15. The van der Waals surface area contributed by atoms with Crippen molar-refractivity contribution in [2.75, 3.05) is 0 Å². The van der Waals surface area contributed by atoms with Crippen molar-refractivity contribution in [1.82, 2.24) is 0 Å². The Balaban J connectivity index is 3.39. The van der Waals surface area contributed by atoms with Crippen molar-refractivity contribution in [3.05, 3.63) is 34.6 Å². The molecule has 0 heterocycles. The van der Waals surface area contributed by atoms with E-state index in [1.807, 2.05) is 0 Å². The Labute approximate surface area is 75.4 Å². The van der Waals surface area contributed by atoms with E-state index in [0.717, 1.165) is 6.07 Å². The molecule has 72 valence electrons. The van der Waals surface area contributed by atoms with E-state index < -0.39 is 17.5 Å². The zero-order valence-corrected chi connectivity index (χ0v) is 7.63. The van der Waals surface area contributed by atoms with Crippen LogP contribution in [0.1, 0.15) is 25.0 Å². The zero-order valence-electron chi connectivity index (χ0n) is 7.63. The zero-order chi connectivity index (χ0) is 10.0. The lowest BCUT2D eigenvalue weighted by molar-refractivity contribution is 0.476. The highest BCUT2D eigenvalue weighted by Crippen LogP contribution is 2.20. The summed E-state index contributed by atoms with van der Waals surface area (Å²) >= 11 is 0. The van der Waals surface area contributed by atoms with E-state index in [9.17, 15) is 13.2 Å². The molecule has 0 atom stereocenters. The Kier molecular flexibility index (Phi) is 2.96. The van der Waals surface area contributed by atoms with Gasteiger partial charge in [0.05, 0.1) is 0 Å². The van der Waals surface area contributed by atoms with Crippen molar-refractivity contribution in [1.29, 1.82) is 0 Å². The van der Waals surface area contributed by atoms with Crippen molar-refractivity contribution in [3.63, 3.8) is 0 Å². The van der Waals surface area contributed by atoms with Gasteiger partial charge in [0.1, 0.15) is 5.82 Å². The third-order valence-corrected chi connectivity index (χ3v) is 2.06. The molecular formula is C10H11F3. The predicted molar refractivity (Wildman–Crippen MR) is 45.1 cm³/mol. The van der Waals surface area contributed by atoms with Crippen molar-refractivity contribution in [2.45, 2.75) is 26.7 Å². The summed E-state index contributed by atoms with van der Waals surface area (Å²) in [6.45, 7) is 3.30. The SMILES string of the molecule is CCc1cc(F)c(F)c(CC)c1F. The van der Waals surface area contributed by atoms with Gasteiger partial charge in [0.15, 0.2) is 11.6 Å². The van der Waals surface area contributed by atoms with Gasteiger partial charge in [0, 0.05) is 5.56 Å². The number of rotatable bonds is 2. The van der Waals surface area contributed by atoms with Crippen LogP contribution in [0, 0.1) is 17.5 Å². The molecule has 0 aliphatic heterocycles. The first-order valence-electron chi connectivity index (χ1n) is 4.27. The maximum Gasteiger partial charge on any atom is 0.164 e. The van der Waals surface area contributed by atoms with E-state index in [1.165, 1.54) is 0 Å². The molecular weight excluding hydrogens is 177 g/mol. The van der Waals surface area contributed by atoms with Crippen LogP contribution in [-0.4, -0.2) is 0 Å². The van der Waals surface area contributed by atoms with Crippen LogP contribution in [0.15, 0.2) is 6.07 Å². The Morgan fingerprint density at radius 2 is 1.62 bits per heavy atom. The average molecular weight is 188 g/mol. The summed E-state index contributed by atoms with van der Waals surface area (Å²) < 4.78 is 39.1. The lowest BCUT2D eigenvalue weighted by Gasteiger charge is -2.07. The third-order valence-electron chi connectivity index (χ3n) is 2.06. The van der Waals surface area contributed by atoms with E-state index in [1.54, 1.807) is 13.8 Å². The molecule has 0 nitrogen and oxygen atoms in total. The van der Waals surface area contributed by atoms with E-state index >= 15 is 0 Å². The van der Waals surface area contributed by atoms with Gasteiger partial charge in [-0.25, -0.2) is 13.2 Å². The molecule has 0 unspecified atom stereocenters. The number of aryl methyl sites for hydroxylation is 1. The van der Waals surface area contributed by atoms with Gasteiger partial charge in [-0.3, -0.25) is 0 Å². The first-order valence-corrected chi connectivity index (χ1v) is 4.27. The Morgan fingerprint density at radius 3 is 2.08 bits per heavy atom. The highest BCUT2D eigenvalue weighted by molar-refractivity contribution is 5.28. The van der Waals surface area contributed by atoms with Gasteiger partial charge in [-0.1, -0.05) is 13.8 Å². The number of benzene rings is 1. The second-order valence-corrected chi connectivity index (χ2v) is 2.83. The Hall–Kier alpha value is -0.990. The monoisotopic (exact) mass is 188 g/mol. The van der Waals surface area contributed by atoms with Crippen molar-refractivity contribution in [2.24, 2.45) is 0 Å². The molecule has 0 radical (unpaired) electrons. The minimum Gasteiger partial charge on any atom is -0.206 e. The maximum absolute atomic E-state index is 13.3. The fourth-order valence-electron chi connectivity index (χ4n) is 1.28. The van der Waals surface area contributed by atoms with Gasteiger partial charge in [0.2, 0.25) is 0 Å². The molecule has 0 spiro atoms. The average Bonchev–Trinajstić information content (AvgIpc) is 2.12. The topological polar surface area (TPSA) is 0 Å². The predicted octanol–water partition coefficient (Wildman–Crippen LogP) is 3.23. The number of halogens is 3. The van der Waals surface area contributed by atoms with E-state index in [0.29, 0.717) is 6.42 Å². The van der Waals surface area contributed by atoms with Crippen molar-refractivity contribution < 1.29 is 13.2 Å². The van der Waals surface area contributed by atoms with Crippen LogP contribution in [0.5, 0.6) is 0 Å². The Morgan fingerprint density at radius 1 is 1.00 bits per heavy atom. The quantitative estimate of drug-likeness (QED) is 0.625. The largest absolute Gasteiger partial charge is 0.206 e. The normalized spacial score (nSPS) is 10.5. The number of hydrogen-bond acceptors (Lipinski definition) is 0. The van der Waals surface area contributed by atoms with Gasteiger partial charge in [-0.2, -0.15) is 0 Å². The van der Waals surface area contributed by atoms with Gasteiger partial charge >= 0.3 is 0 Å². The molecule has 0 amide bonds. The van der Waals surface area contributed by atoms with E-state index in [-0.39, 0.29) is 17.5 Å². The molecule has 0 aromatic heterocycles. The summed E-state index contributed by atoms with van der Waals surface area (Å²) in [5.41, 5.74) is 0.0765. The van der Waals surface area contributed by atoms with E-state index in [4.69, 9.17) is 0 Å². The fourth-order valence-corrected chi connectivity index (χ4v) is 1.28. The molecule has 0 aliphatic carbocycles. The van der Waals surface area contributed by atoms with E-state index in [2.05, 4.69) is 0 Å².